The average molecular weight is 591 g/mol. The SMILES string of the molecule is CCCCC/C=C\CCCCCC(O)CC(=O)NC(COP(=O)(O)OCCN)C(O)/C=C/CCCCCCCC. The predicted octanol–water partition coefficient (Wildman–Crippen LogP) is 6.07. The van der Waals surface area contributed by atoms with Crippen molar-refractivity contribution >= 4 is 13.7 Å². The molecule has 0 bridgehead atoms. The van der Waals surface area contributed by atoms with Crippen LogP contribution >= 0.6 is 7.82 Å². The van der Waals surface area contributed by atoms with Crippen LogP contribution in [0.3, 0.4) is 0 Å². The maximum absolute atomic E-state index is 12.6. The molecule has 0 saturated carbocycles. The molecule has 0 aromatic carbocycles. The van der Waals surface area contributed by atoms with Gasteiger partial charge in [0.25, 0.3) is 0 Å². The lowest BCUT2D eigenvalue weighted by atomic mass is 10.1. The first-order valence-electron chi connectivity index (χ1n) is 15.5. The van der Waals surface area contributed by atoms with Crippen LogP contribution in [0, 0.1) is 0 Å². The fourth-order valence-corrected chi connectivity index (χ4v) is 4.93. The Balaban J connectivity index is 4.60. The lowest BCUT2D eigenvalue weighted by Gasteiger charge is -2.24. The number of phosphoric ester groups is 1. The molecule has 6 N–H and O–H groups in total. The van der Waals surface area contributed by atoms with Crippen LogP contribution in [0.1, 0.15) is 123 Å². The van der Waals surface area contributed by atoms with Crippen LogP contribution in [0.4, 0.5) is 0 Å². The Morgan fingerprint density at radius 3 is 2.05 bits per heavy atom. The predicted molar refractivity (Wildman–Crippen MR) is 163 cm³/mol. The molecule has 0 radical (unpaired) electrons. The summed E-state index contributed by atoms with van der Waals surface area (Å²) in [5, 5.41) is 23.6. The first kappa shape index (κ1) is 38.9. The van der Waals surface area contributed by atoms with Crippen molar-refractivity contribution in [3.05, 3.63) is 24.3 Å². The topological polar surface area (TPSA) is 151 Å². The number of hydrogen-bond acceptors (Lipinski definition) is 7. The molecule has 0 fully saturated rings. The van der Waals surface area contributed by atoms with Gasteiger partial charge in [0, 0.05) is 6.54 Å². The Hall–Kier alpha value is -1.06. The number of nitrogens with two attached hydrogens (primary N) is 1. The van der Waals surface area contributed by atoms with Crippen LogP contribution in [0.5, 0.6) is 0 Å². The lowest BCUT2D eigenvalue weighted by Crippen LogP contribution is -2.46. The van der Waals surface area contributed by atoms with Crippen LogP contribution < -0.4 is 11.1 Å². The number of carbonyl (C=O) groups is 1. The minimum Gasteiger partial charge on any atom is -0.393 e. The van der Waals surface area contributed by atoms with E-state index in [4.69, 9.17) is 14.8 Å². The second-order valence-corrected chi connectivity index (χ2v) is 12.0. The van der Waals surface area contributed by atoms with Gasteiger partial charge in [-0.15, -0.1) is 0 Å². The molecule has 236 valence electrons. The largest absolute Gasteiger partial charge is 0.472 e. The van der Waals surface area contributed by atoms with Crippen molar-refractivity contribution in [3.63, 3.8) is 0 Å². The third-order valence-corrected chi connectivity index (χ3v) is 7.56. The van der Waals surface area contributed by atoms with E-state index in [1.807, 2.05) is 6.08 Å². The van der Waals surface area contributed by atoms with Crippen molar-refractivity contribution in [2.45, 2.75) is 141 Å². The molecule has 4 atom stereocenters. The first-order chi connectivity index (χ1) is 19.3. The Morgan fingerprint density at radius 1 is 0.850 bits per heavy atom. The van der Waals surface area contributed by atoms with Crippen LogP contribution in [-0.4, -0.2) is 59.0 Å². The fourth-order valence-electron chi connectivity index (χ4n) is 4.17. The van der Waals surface area contributed by atoms with E-state index < -0.39 is 38.6 Å². The van der Waals surface area contributed by atoms with E-state index in [2.05, 4.69) is 31.3 Å². The van der Waals surface area contributed by atoms with Gasteiger partial charge < -0.3 is 26.2 Å². The van der Waals surface area contributed by atoms with Gasteiger partial charge in [0.2, 0.25) is 5.91 Å². The number of nitrogens with one attached hydrogen (secondary N) is 1. The number of aliphatic hydroxyl groups excluding tert-OH is 2. The normalized spacial score (nSPS) is 15.8. The molecule has 1 amide bonds. The van der Waals surface area contributed by atoms with Gasteiger partial charge in [0.1, 0.15) is 0 Å². The summed E-state index contributed by atoms with van der Waals surface area (Å²) in [5.74, 6) is -0.463. The Bertz CT molecular complexity index is 706. The maximum atomic E-state index is 12.6. The molecule has 40 heavy (non-hydrogen) atoms. The number of unbranched alkanes of at least 4 members (excludes halogenated alkanes) is 12. The van der Waals surface area contributed by atoms with Crippen LogP contribution in [-0.2, 0) is 18.4 Å². The second kappa shape index (κ2) is 26.8. The summed E-state index contributed by atoms with van der Waals surface area (Å²) in [4.78, 5) is 22.4. The quantitative estimate of drug-likeness (QED) is 0.0418. The maximum Gasteiger partial charge on any atom is 0.472 e. The van der Waals surface area contributed by atoms with Gasteiger partial charge in [-0.05, 0) is 44.9 Å². The van der Waals surface area contributed by atoms with Gasteiger partial charge in [0.05, 0.1) is 37.9 Å². The molecule has 0 aliphatic rings. The van der Waals surface area contributed by atoms with E-state index >= 15 is 0 Å². The van der Waals surface area contributed by atoms with Crippen LogP contribution in [0.25, 0.3) is 0 Å². The molecule has 0 aromatic rings. The summed E-state index contributed by atoms with van der Waals surface area (Å²) in [6.07, 6.45) is 22.8. The van der Waals surface area contributed by atoms with E-state index in [0.29, 0.717) is 6.42 Å². The molecular weight excluding hydrogens is 531 g/mol. The highest BCUT2D eigenvalue weighted by Gasteiger charge is 2.27. The summed E-state index contributed by atoms with van der Waals surface area (Å²) in [6, 6.07) is -0.980. The molecule has 4 unspecified atom stereocenters. The smallest absolute Gasteiger partial charge is 0.393 e. The molecule has 0 heterocycles. The molecule has 9 nitrogen and oxygen atoms in total. The third-order valence-electron chi connectivity index (χ3n) is 6.58. The van der Waals surface area contributed by atoms with E-state index in [1.165, 1.54) is 44.9 Å². The first-order valence-corrected chi connectivity index (χ1v) is 17.0. The molecule has 0 aromatic heterocycles. The number of hydrogen-bond donors (Lipinski definition) is 5. The number of allylic oxidation sites excluding steroid dienone is 3. The van der Waals surface area contributed by atoms with Crippen molar-refractivity contribution in [3.8, 4) is 0 Å². The number of carbonyl (C=O) groups excluding carboxylic acids is 1. The Kier molecular flexibility index (Phi) is 26.1. The molecule has 0 aliphatic heterocycles. The van der Waals surface area contributed by atoms with Crippen LogP contribution in [0.15, 0.2) is 24.3 Å². The van der Waals surface area contributed by atoms with Crippen molar-refractivity contribution in [2.75, 3.05) is 19.8 Å². The average Bonchev–Trinajstić information content (AvgIpc) is 2.92. The zero-order valence-electron chi connectivity index (χ0n) is 25.2. The Morgan fingerprint density at radius 2 is 1.40 bits per heavy atom. The molecule has 10 heteroatoms. The summed E-state index contributed by atoms with van der Waals surface area (Å²) in [7, 11) is -4.38. The third kappa shape index (κ3) is 24.7. The molecular formula is C30H59N2O7P. The number of amides is 1. The fraction of sp³-hybridized carbons (Fsp3) is 0.833. The summed E-state index contributed by atoms with van der Waals surface area (Å²) >= 11 is 0. The van der Waals surface area contributed by atoms with Crippen molar-refractivity contribution in [1.29, 1.82) is 0 Å². The van der Waals surface area contributed by atoms with Crippen molar-refractivity contribution in [1.82, 2.24) is 5.32 Å². The van der Waals surface area contributed by atoms with Gasteiger partial charge in [0.15, 0.2) is 0 Å². The van der Waals surface area contributed by atoms with Gasteiger partial charge in [-0.3, -0.25) is 13.8 Å². The highest BCUT2D eigenvalue weighted by molar-refractivity contribution is 7.47. The zero-order valence-corrected chi connectivity index (χ0v) is 26.1. The van der Waals surface area contributed by atoms with Gasteiger partial charge in [-0.2, -0.15) is 0 Å². The standard InChI is InChI=1S/C30H59N2O7P/c1-3-5-7-9-11-13-14-15-17-19-21-27(33)25-30(35)32-28(26-39-40(36,37)38-24-23-31)29(34)22-20-18-16-12-10-8-6-4-2/h11,13,20,22,27-29,33-34H,3-10,12,14-19,21,23-26,31H2,1-2H3,(H,32,35)(H,36,37)/b13-11-,22-20+. The van der Waals surface area contributed by atoms with E-state index in [-0.39, 0.29) is 19.6 Å². The van der Waals surface area contributed by atoms with Gasteiger partial charge in [-0.1, -0.05) is 95.9 Å². The minimum atomic E-state index is -4.38. The molecule has 0 aliphatic carbocycles. The number of aliphatic hydroxyl groups is 2. The van der Waals surface area contributed by atoms with Gasteiger partial charge in [-0.25, -0.2) is 4.57 Å². The number of rotatable bonds is 28. The molecule has 0 spiro atoms. The Labute approximate surface area is 243 Å². The lowest BCUT2D eigenvalue weighted by molar-refractivity contribution is -0.124. The summed E-state index contributed by atoms with van der Waals surface area (Å²) < 4.78 is 21.8. The monoisotopic (exact) mass is 590 g/mol. The van der Waals surface area contributed by atoms with Gasteiger partial charge >= 0.3 is 7.82 Å². The summed E-state index contributed by atoms with van der Waals surface area (Å²) in [6.45, 7) is 3.83. The molecule has 0 rings (SSSR count). The second-order valence-electron chi connectivity index (χ2n) is 10.5. The van der Waals surface area contributed by atoms with Crippen molar-refractivity contribution in [2.24, 2.45) is 5.73 Å². The summed E-state index contributed by atoms with van der Waals surface area (Å²) in [5.41, 5.74) is 5.31. The highest BCUT2D eigenvalue weighted by atomic mass is 31.2. The zero-order chi connectivity index (χ0) is 29.9. The van der Waals surface area contributed by atoms with E-state index in [1.54, 1.807) is 6.08 Å². The van der Waals surface area contributed by atoms with Crippen molar-refractivity contribution < 1.29 is 33.5 Å². The van der Waals surface area contributed by atoms with E-state index in [0.717, 1.165) is 51.4 Å². The number of phosphoric acid groups is 1. The van der Waals surface area contributed by atoms with E-state index in [9.17, 15) is 24.5 Å². The molecule has 0 saturated heterocycles. The van der Waals surface area contributed by atoms with Crippen LogP contribution in [0.2, 0.25) is 0 Å². The highest BCUT2D eigenvalue weighted by Crippen LogP contribution is 2.43. The minimum absolute atomic E-state index is 0.0471.